The third-order valence-corrected chi connectivity index (χ3v) is 7.28. The summed E-state index contributed by atoms with van der Waals surface area (Å²) in [7, 11) is 0. The first-order chi connectivity index (χ1) is 16.2. The summed E-state index contributed by atoms with van der Waals surface area (Å²) < 4.78 is 0. The van der Waals surface area contributed by atoms with Crippen molar-refractivity contribution < 1.29 is 34.8 Å². The number of carbonyl (C=O) groups is 3. The van der Waals surface area contributed by atoms with Crippen LogP contribution in [0.1, 0.15) is 98.9 Å². The fourth-order valence-electron chi connectivity index (χ4n) is 4.94. The minimum atomic E-state index is -1.06. The first kappa shape index (κ1) is 28.3. The number of hydrogen-bond acceptors (Lipinski definition) is 7. The molecule has 0 fully saturated rings. The van der Waals surface area contributed by atoms with E-state index in [0.29, 0.717) is 31.3 Å². The Labute approximate surface area is 207 Å². The van der Waals surface area contributed by atoms with Gasteiger partial charge in [0.15, 0.2) is 18.4 Å². The molecule has 35 heavy (non-hydrogen) atoms. The largest absolute Gasteiger partial charge is 0.507 e. The minimum absolute atomic E-state index is 0.0176. The summed E-state index contributed by atoms with van der Waals surface area (Å²) in [6, 6.07) is 0. The van der Waals surface area contributed by atoms with Gasteiger partial charge in [-0.15, -0.1) is 0 Å². The van der Waals surface area contributed by atoms with Gasteiger partial charge in [-0.1, -0.05) is 39.5 Å². The minimum Gasteiger partial charge on any atom is -0.507 e. The van der Waals surface area contributed by atoms with E-state index in [1.54, 1.807) is 13.8 Å². The molecule has 1 aromatic carbocycles. The molecular weight excluding hydrogens is 448 g/mol. The second kappa shape index (κ2) is 10.8. The van der Waals surface area contributed by atoms with Crippen LogP contribution in [0.3, 0.4) is 0 Å². The number of aliphatic hydroxyl groups is 1. The van der Waals surface area contributed by atoms with Gasteiger partial charge in [0, 0.05) is 23.8 Å². The lowest BCUT2D eigenvalue weighted by atomic mass is 9.65. The van der Waals surface area contributed by atoms with Crippen LogP contribution in [0.2, 0.25) is 0 Å². The van der Waals surface area contributed by atoms with Crippen LogP contribution in [0.25, 0.3) is 0 Å². The summed E-state index contributed by atoms with van der Waals surface area (Å²) in [5.74, 6) is -2.89. The summed E-state index contributed by atoms with van der Waals surface area (Å²) >= 11 is 0. The zero-order valence-corrected chi connectivity index (χ0v) is 21.3. The van der Waals surface area contributed by atoms with Crippen LogP contribution in [0.5, 0.6) is 17.2 Å². The Hall–Kier alpha value is -2.93. The Morgan fingerprint density at radius 3 is 2.09 bits per heavy atom. The standard InChI is InChI=1S/C28H38O7/c1-16(2)13-21(23-25(33)19(14-29)24(32)20(15-30)26(23)34)28(6)11-9-18(27(4,5)35)8-7-17(3)22(31)10-12-28/h9,11,14-16,18,21,32-35H,3,7-8,10,12-13H2,1-2,4-6H3/b11-9+. The van der Waals surface area contributed by atoms with Crippen molar-refractivity contribution in [2.45, 2.75) is 78.2 Å². The fourth-order valence-corrected chi connectivity index (χ4v) is 4.94. The molecule has 0 saturated carbocycles. The molecule has 0 amide bonds. The summed E-state index contributed by atoms with van der Waals surface area (Å²) in [6.07, 6.45) is 6.26. The predicted molar refractivity (Wildman–Crippen MR) is 134 cm³/mol. The van der Waals surface area contributed by atoms with Gasteiger partial charge in [-0.2, -0.15) is 0 Å². The van der Waals surface area contributed by atoms with Crippen LogP contribution < -0.4 is 0 Å². The molecule has 192 valence electrons. The summed E-state index contributed by atoms with van der Waals surface area (Å²) in [6.45, 7) is 13.1. The van der Waals surface area contributed by atoms with E-state index >= 15 is 0 Å². The SMILES string of the molecule is C=C1CCC(C(C)(C)O)/C=C/C(C)(C(CC(C)C)c2c(O)c(C=O)c(O)c(C=O)c2O)CCC1=O. The van der Waals surface area contributed by atoms with Gasteiger partial charge in [-0.05, 0) is 56.4 Å². The third kappa shape index (κ3) is 6.01. The number of phenols is 3. The molecule has 0 aliphatic heterocycles. The first-order valence-electron chi connectivity index (χ1n) is 12.0. The van der Waals surface area contributed by atoms with Crippen molar-refractivity contribution in [2.24, 2.45) is 17.3 Å². The second-order valence-corrected chi connectivity index (χ2v) is 10.9. The number of aromatic hydroxyl groups is 3. The van der Waals surface area contributed by atoms with Gasteiger partial charge in [-0.3, -0.25) is 14.4 Å². The van der Waals surface area contributed by atoms with Crippen LogP contribution in [-0.2, 0) is 4.79 Å². The van der Waals surface area contributed by atoms with Crippen molar-refractivity contribution in [3.05, 3.63) is 41.0 Å². The molecule has 0 heterocycles. The van der Waals surface area contributed by atoms with Crippen molar-refractivity contribution in [2.75, 3.05) is 0 Å². The van der Waals surface area contributed by atoms with E-state index in [4.69, 9.17) is 0 Å². The summed E-state index contributed by atoms with van der Waals surface area (Å²) in [5.41, 5.74) is -2.37. The molecular formula is C28H38O7. The molecule has 3 unspecified atom stereocenters. The smallest absolute Gasteiger partial charge is 0.158 e. The van der Waals surface area contributed by atoms with E-state index < -0.39 is 45.3 Å². The van der Waals surface area contributed by atoms with Gasteiger partial charge in [0.25, 0.3) is 0 Å². The zero-order valence-electron chi connectivity index (χ0n) is 21.3. The number of carbonyl (C=O) groups excluding carboxylic acids is 3. The molecule has 0 saturated heterocycles. The molecule has 7 nitrogen and oxygen atoms in total. The van der Waals surface area contributed by atoms with E-state index in [0.717, 1.165) is 0 Å². The molecule has 1 aromatic rings. The first-order valence-corrected chi connectivity index (χ1v) is 12.0. The molecule has 0 radical (unpaired) electrons. The molecule has 1 aliphatic carbocycles. The van der Waals surface area contributed by atoms with Crippen LogP contribution >= 0.6 is 0 Å². The van der Waals surface area contributed by atoms with Gasteiger partial charge < -0.3 is 20.4 Å². The third-order valence-electron chi connectivity index (χ3n) is 7.28. The predicted octanol–water partition coefficient (Wildman–Crippen LogP) is 5.21. The number of aldehydes is 2. The Morgan fingerprint density at radius 1 is 1.09 bits per heavy atom. The number of phenolic OH excluding ortho intramolecular Hbond substituents is 3. The van der Waals surface area contributed by atoms with Crippen molar-refractivity contribution in [1.29, 1.82) is 0 Å². The van der Waals surface area contributed by atoms with Gasteiger partial charge in [0.05, 0.1) is 16.7 Å². The number of benzene rings is 1. The van der Waals surface area contributed by atoms with Crippen LogP contribution in [0.15, 0.2) is 24.3 Å². The van der Waals surface area contributed by atoms with Crippen LogP contribution in [0.4, 0.5) is 0 Å². The van der Waals surface area contributed by atoms with Crippen LogP contribution in [0, 0.1) is 17.3 Å². The molecule has 2 rings (SSSR count). The highest BCUT2D eigenvalue weighted by Crippen LogP contribution is 2.54. The van der Waals surface area contributed by atoms with E-state index in [1.165, 1.54) is 0 Å². The number of ketones is 1. The lowest BCUT2D eigenvalue weighted by molar-refractivity contribution is -0.116. The van der Waals surface area contributed by atoms with E-state index in [9.17, 15) is 34.8 Å². The normalized spacial score (nSPS) is 23.7. The van der Waals surface area contributed by atoms with E-state index in [2.05, 4.69) is 6.58 Å². The maximum absolute atomic E-state index is 12.8. The van der Waals surface area contributed by atoms with Gasteiger partial charge in [0.1, 0.15) is 17.2 Å². The Balaban J connectivity index is 2.84. The highest BCUT2D eigenvalue weighted by Gasteiger charge is 2.40. The van der Waals surface area contributed by atoms with Crippen molar-refractivity contribution in [3.8, 4) is 17.2 Å². The van der Waals surface area contributed by atoms with Crippen molar-refractivity contribution in [3.63, 3.8) is 0 Å². The maximum Gasteiger partial charge on any atom is 0.158 e. The zero-order chi connectivity index (χ0) is 26.7. The average molecular weight is 487 g/mol. The van der Waals surface area contributed by atoms with Crippen LogP contribution in [-0.4, -0.2) is 44.4 Å². The molecule has 0 bridgehead atoms. The topological polar surface area (TPSA) is 132 Å². The van der Waals surface area contributed by atoms with E-state index in [-0.39, 0.29) is 42.2 Å². The van der Waals surface area contributed by atoms with Gasteiger partial charge >= 0.3 is 0 Å². The van der Waals surface area contributed by atoms with Gasteiger partial charge in [0.2, 0.25) is 0 Å². The maximum atomic E-state index is 12.8. The summed E-state index contributed by atoms with van der Waals surface area (Å²) in [4.78, 5) is 36.2. The lowest BCUT2D eigenvalue weighted by Gasteiger charge is -2.39. The van der Waals surface area contributed by atoms with Gasteiger partial charge in [-0.25, -0.2) is 0 Å². The number of Topliss-reactive ketones (excluding diaryl/α,β-unsaturated/α-hetero) is 1. The molecule has 0 aromatic heterocycles. The Morgan fingerprint density at radius 2 is 1.63 bits per heavy atom. The quantitative estimate of drug-likeness (QED) is 0.236. The number of hydrogen-bond donors (Lipinski definition) is 4. The molecule has 0 spiro atoms. The fraction of sp³-hybridized carbons (Fsp3) is 0.536. The van der Waals surface area contributed by atoms with E-state index in [1.807, 2.05) is 32.9 Å². The molecule has 7 heteroatoms. The lowest BCUT2D eigenvalue weighted by Crippen LogP contribution is -2.32. The molecule has 1 aliphatic rings. The summed E-state index contributed by atoms with van der Waals surface area (Å²) in [5, 5.41) is 43.0. The van der Waals surface area contributed by atoms with Crippen molar-refractivity contribution >= 4 is 18.4 Å². The second-order valence-electron chi connectivity index (χ2n) is 10.9. The van der Waals surface area contributed by atoms with Crippen molar-refractivity contribution in [1.82, 2.24) is 0 Å². The highest BCUT2D eigenvalue weighted by atomic mass is 16.3. The number of rotatable bonds is 7. The molecule has 4 N–H and O–H groups in total. The highest BCUT2D eigenvalue weighted by molar-refractivity contribution is 5.95. The molecule has 3 atom stereocenters. The Bertz CT molecular complexity index is 994. The Kier molecular flexibility index (Phi) is 8.71. The average Bonchev–Trinajstić information content (AvgIpc) is 2.75. The number of allylic oxidation sites excluding steroid dienone is 2. The monoisotopic (exact) mass is 486 g/mol.